The summed E-state index contributed by atoms with van der Waals surface area (Å²) in [4.78, 5) is 0. The minimum absolute atomic E-state index is 1.04. The number of allylic oxidation sites excluding steroid dienone is 5. The molecular weight excluding hydrogens is 170 g/mol. The van der Waals surface area contributed by atoms with Gasteiger partial charge in [0.25, 0.3) is 0 Å². The van der Waals surface area contributed by atoms with Gasteiger partial charge in [0.15, 0.2) is 0 Å². The summed E-state index contributed by atoms with van der Waals surface area (Å²) in [6, 6.07) is 0. The summed E-state index contributed by atoms with van der Waals surface area (Å²) in [5.41, 5.74) is 3.82. The summed E-state index contributed by atoms with van der Waals surface area (Å²) in [5, 5.41) is 3.38. The van der Waals surface area contributed by atoms with E-state index in [-0.39, 0.29) is 0 Å². The Balaban J connectivity index is 2.30. The van der Waals surface area contributed by atoms with Crippen LogP contribution in [0.1, 0.15) is 25.7 Å². The molecule has 0 bridgehead atoms. The van der Waals surface area contributed by atoms with Gasteiger partial charge in [0.1, 0.15) is 0 Å². The van der Waals surface area contributed by atoms with E-state index in [2.05, 4.69) is 36.2 Å². The zero-order chi connectivity index (χ0) is 9.80. The number of hydrogen-bond donors (Lipinski definition) is 1. The molecule has 0 aromatic heterocycles. The molecule has 2 rings (SSSR count). The lowest BCUT2D eigenvalue weighted by Crippen LogP contribution is -2.15. The fraction of sp³-hybridized carbons (Fsp3) is 0.385. The van der Waals surface area contributed by atoms with Crippen molar-refractivity contribution in [3.05, 3.63) is 47.7 Å². The first-order valence-corrected chi connectivity index (χ1v) is 5.37. The summed E-state index contributed by atoms with van der Waals surface area (Å²) in [6.45, 7) is 5.12. The lowest BCUT2D eigenvalue weighted by atomic mass is 9.95. The van der Waals surface area contributed by atoms with E-state index in [0.29, 0.717) is 0 Å². The average molecular weight is 187 g/mol. The van der Waals surface area contributed by atoms with Crippen LogP contribution in [0.25, 0.3) is 0 Å². The van der Waals surface area contributed by atoms with Gasteiger partial charge < -0.3 is 5.32 Å². The molecule has 0 aromatic rings. The standard InChI is InChI=1S/C13H17N/c1-11-13-9-5-4-8-12(13)7-3-2-6-10-14-11/h3,5,7,9,14H,1-2,4,6,8,10H2/b7-3-. The SMILES string of the molecule is C=C1NCCC/C=C\C2=C1C=CCC2. The number of rotatable bonds is 0. The van der Waals surface area contributed by atoms with Crippen molar-refractivity contribution >= 4 is 0 Å². The first-order chi connectivity index (χ1) is 6.88. The molecule has 0 saturated carbocycles. The highest BCUT2D eigenvalue weighted by atomic mass is 14.9. The molecule has 0 fully saturated rings. The highest BCUT2D eigenvalue weighted by Crippen LogP contribution is 2.24. The molecule has 0 radical (unpaired) electrons. The summed E-state index contributed by atoms with van der Waals surface area (Å²) < 4.78 is 0. The molecule has 1 heterocycles. The number of nitrogens with one attached hydrogen (secondary N) is 1. The van der Waals surface area contributed by atoms with Gasteiger partial charge in [0, 0.05) is 12.2 Å². The van der Waals surface area contributed by atoms with Gasteiger partial charge in [-0.2, -0.15) is 0 Å². The number of hydrogen-bond acceptors (Lipinski definition) is 1. The van der Waals surface area contributed by atoms with Gasteiger partial charge in [-0.15, -0.1) is 0 Å². The fourth-order valence-corrected chi connectivity index (χ4v) is 1.93. The van der Waals surface area contributed by atoms with Crippen LogP contribution in [0.2, 0.25) is 0 Å². The first kappa shape index (κ1) is 9.32. The molecule has 1 nitrogen and oxygen atoms in total. The molecule has 0 saturated heterocycles. The predicted octanol–water partition coefficient (Wildman–Crippen LogP) is 3.09. The van der Waals surface area contributed by atoms with Crippen LogP contribution in [-0.2, 0) is 0 Å². The van der Waals surface area contributed by atoms with Crippen molar-refractivity contribution < 1.29 is 0 Å². The molecule has 1 aliphatic carbocycles. The van der Waals surface area contributed by atoms with E-state index in [1.54, 1.807) is 0 Å². The van der Waals surface area contributed by atoms with E-state index in [1.165, 1.54) is 24.0 Å². The molecule has 1 aliphatic heterocycles. The second kappa shape index (κ2) is 4.32. The van der Waals surface area contributed by atoms with Crippen LogP contribution >= 0.6 is 0 Å². The van der Waals surface area contributed by atoms with Crippen LogP contribution < -0.4 is 5.32 Å². The zero-order valence-corrected chi connectivity index (χ0v) is 8.55. The second-order valence-electron chi connectivity index (χ2n) is 3.83. The molecular formula is C13H17N. The summed E-state index contributed by atoms with van der Waals surface area (Å²) in [6.07, 6.45) is 13.7. The Hall–Kier alpha value is -1.24. The topological polar surface area (TPSA) is 12.0 Å². The van der Waals surface area contributed by atoms with E-state index >= 15 is 0 Å². The third-order valence-electron chi connectivity index (χ3n) is 2.74. The highest BCUT2D eigenvalue weighted by molar-refractivity contribution is 5.47. The average Bonchev–Trinajstić information content (AvgIpc) is 2.30. The van der Waals surface area contributed by atoms with Crippen molar-refractivity contribution in [2.75, 3.05) is 6.54 Å². The van der Waals surface area contributed by atoms with E-state index in [1.807, 2.05) is 0 Å². The Bertz CT molecular complexity index is 318. The molecule has 0 amide bonds. The monoisotopic (exact) mass is 187 g/mol. The third-order valence-corrected chi connectivity index (χ3v) is 2.74. The molecule has 0 aromatic carbocycles. The van der Waals surface area contributed by atoms with Crippen LogP contribution in [0, 0.1) is 0 Å². The van der Waals surface area contributed by atoms with E-state index in [4.69, 9.17) is 0 Å². The zero-order valence-electron chi connectivity index (χ0n) is 8.55. The van der Waals surface area contributed by atoms with Crippen molar-refractivity contribution in [3.8, 4) is 0 Å². The van der Waals surface area contributed by atoms with Crippen molar-refractivity contribution in [1.82, 2.24) is 5.32 Å². The van der Waals surface area contributed by atoms with Crippen molar-refractivity contribution in [3.63, 3.8) is 0 Å². The molecule has 0 unspecified atom stereocenters. The van der Waals surface area contributed by atoms with Gasteiger partial charge in [-0.05, 0) is 36.8 Å². The largest absolute Gasteiger partial charge is 0.385 e. The Labute approximate surface area is 85.9 Å². The first-order valence-electron chi connectivity index (χ1n) is 5.37. The molecule has 0 atom stereocenters. The molecule has 1 N–H and O–H groups in total. The fourth-order valence-electron chi connectivity index (χ4n) is 1.93. The maximum Gasteiger partial charge on any atom is 0.0343 e. The molecule has 14 heavy (non-hydrogen) atoms. The molecule has 74 valence electrons. The Morgan fingerprint density at radius 1 is 1.14 bits per heavy atom. The highest BCUT2D eigenvalue weighted by Gasteiger charge is 2.09. The lowest BCUT2D eigenvalue weighted by molar-refractivity contribution is 0.744. The van der Waals surface area contributed by atoms with Gasteiger partial charge in [-0.25, -0.2) is 0 Å². The maximum absolute atomic E-state index is 4.09. The van der Waals surface area contributed by atoms with Gasteiger partial charge in [-0.1, -0.05) is 30.9 Å². The minimum atomic E-state index is 1.04. The quantitative estimate of drug-likeness (QED) is 0.614. The van der Waals surface area contributed by atoms with E-state index in [0.717, 1.165) is 25.1 Å². The van der Waals surface area contributed by atoms with Crippen LogP contribution in [-0.4, -0.2) is 6.54 Å². The molecule has 2 aliphatic rings. The Morgan fingerprint density at radius 3 is 2.93 bits per heavy atom. The van der Waals surface area contributed by atoms with Crippen LogP contribution in [0.15, 0.2) is 47.7 Å². The maximum atomic E-state index is 4.09. The van der Waals surface area contributed by atoms with Gasteiger partial charge in [0.2, 0.25) is 0 Å². The second-order valence-corrected chi connectivity index (χ2v) is 3.83. The predicted molar refractivity (Wildman–Crippen MR) is 60.9 cm³/mol. The molecule has 0 spiro atoms. The normalized spacial score (nSPS) is 24.4. The third kappa shape index (κ3) is 1.98. The van der Waals surface area contributed by atoms with Crippen LogP contribution in [0.4, 0.5) is 0 Å². The van der Waals surface area contributed by atoms with E-state index < -0.39 is 0 Å². The summed E-state index contributed by atoms with van der Waals surface area (Å²) in [7, 11) is 0. The molecule has 1 heteroatoms. The van der Waals surface area contributed by atoms with Gasteiger partial charge in [-0.3, -0.25) is 0 Å². The Morgan fingerprint density at radius 2 is 2.00 bits per heavy atom. The van der Waals surface area contributed by atoms with Crippen LogP contribution in [0.3, 0.4) is 0 Å². The Kier molecular flexibility index (Phi) is 2.87. The van der Waals surface area contributed by atoms with E-state index in [9.17, 15) is 0 Å². The van der Waals surface area contributed by atoms with Crippen molar-refractivity contribution in [2.24, 2.45) is 0 Å². The lowest BCUT2D eigenvalue weighted by Gasteiger charge is -2.15. The minimum Gasteiger partial charge on any atom is -0.385 e. The smallest absolute Gasteiger partial charge is 0.0343 e. The van der Waals surface area contributed by atoms with Crippen molar-refractivity contribution in [1.29, 1.82) is 0 Å². The van der Waals surface area contributed by atoms with Crippen LogP contribution in [0.5, 0.6) is 0 Å². The summed E-state index contributed by atoms with van der Waals surface area (Å²) >= 11 is 0. The summed E-state index contributed by atoms with van der Waals surface area (Å²) in [5.74, 6) is 0. The van der Waals surface area contributed by atoms with Crippen molar-refractivity contribution in [2.45, 2.75) is 25.7 Å². The van der Waals surface area contributed by atoms with Gasteiger partial charge >= 0.3 is 0 Å². The van der Waals surface area contributed by atoms with Gasteiger partial charge in [0.05, 0.1) is 0 Å².